The highest BCUT2D eigenvalue weighted by Gasteiger charge is 2.29. The van der Waals surface area contributed by atoms with Gasteiger partial charge in [-0.1, -0.05) is 6.08 Å². The highest BCUT2D eigenvalue weighted by molar-refractivity contribution is 14.0. The Morgan fingerprint density at radius 1 is 1.57 bits per heavy atom. The molecule has 1 saturated heterocycles. The maximum Gasteiger partial charge on any atom is 0.410 e. The zero-order valence-corrected chi connectivity index (χ0v) is 15.4. The van der Waals surface area contributed by atoms with Crippen molar-refractivity contribution in [3.63, 3.8) is 0 Å². The van der Waals surface area contributed by atoms with Gasteiger partial charge >= 0.3 is 6.09 Å². The minimum absolute atomic E-state index is 0. The van der Waals surface area contributed by atoms with E-state index in [-0.39, 0.29) is 30.1 Å². The summed E-state index contributed by atoms with van der Waals surface area (Å²) in [7, 11) is 0. The minimum Gasteiger partial charge on any atom is -0.444 e. The third-order valence-electron chi connectivity index (χ3n) is 2.88. The Bertz CT molecular complexity index is 380. The molecule has 1 aliphatic heterocycles. The molecule has 0 saturated carbocycles. The van der Waals surface area contributed by atoms with Crippen LogP contribution in [0.25, 0.3) is 0 Å². The molecule has 0 bridgehead atoms. The number of rotatable bonds is 4. The third-order valence-corrected chi connectivity index (χ3v) is 2.88. The van der Waals surface area contributed by atoms with Gasteiger partial charge in [0.1, 0.15) is 5.60 Å². The van der Waals surface area contributed by atoms with Crippen molar-refractivity contribution >= 4 is 36.0 Å². The van der Waals surface area contributed by atoms with E-state index in [9.17, 15) is 4.79 Å². The van der Waals surface area contributed by atoms with Gasteiger partial charge in [-0.3, -0.25) is 4.99 Å². The molecule has 3 N–H and O–H groups in total. The summed E-state index contributed by atoms with van der Waals surface area (Å²) in [5.41, 5.74) is 5.25. The van der Waals surface area contributed by atoms with Crippen molar-refractivity contribution in [1.29, 1.82) is 0 Å². The molecule has 0 spiro atoms. The van der Waals surface area contributed by atoms with Gasteiger partial charge in [0.05, 0.1) is 0 Å². The molecule has 1 aliphatic rings. The number of nitrogens with two attached hydrogens (primary N) is 1. The van der Waals surface area contributed by atoms with E-state index in [4.69, 9.17) is 10.5 Å². The Labute approximate surface area is 144 Å². The number of amides is 1. The zero-order chi connectivity index (χ0) is 15.2. The molecule has 1 unspecified atom stereocenters. The molecule has 0 aromatic heterocycles. The van der Waals surface area contributed by atoms with Gasteiger partial charge in [0.25, 0.3) is 0 Å². The van der Waals surface area contributed by atoms with Crippen LogP contribution in [0.5, 0.6) is 0 Å². The topological polar surface area (TPSA) is 80.0 Å². The molecule has 0 aliphatic carbocycles. The van der Waals surface area contributed by atoms with Gasteiger partial charge in [0.2, 0.25) is 0 Å². The van der Waals surface area contributed by atoms with Crippen LogP contribution in [-0.2, 0) is 4.74 Å². The van der Waals surface area contributed by atoms with E-state index in [1.54, 1.807) is 11.0 Å². The number of carbonyl (C=O) groups excluding carboxylic acids is 1. The summed E-state index contributed by atoms with van der Waals surface area (Å²) in [5.74, 6) is 0.757. The van der Waals surface area contributed by atoms with Crippen molar-refractivity contribution < 1.29 is 9.53 Å². The van der Waals surface area contributed by atoms with E-state index in [0.717, 1.165) is 13.0 Å². The second-order valence-corrected chi connectivity index (χ2v) is 5.98. The van der Waals surface area contributed by atoms with Gasteiger partial charge < -0.3 is 20.7 Å². The molecule has 21 heavy (non-hydrogen) atoms. The van der Waals surface area contributed by atoms with Crippen LogP contribution in [0.3, 0.4) is 0 Å². The van der Waals surface area contributed by atoms with Crippen LogP contribution in [0.15, 0.2) is 17.6 Å². The quantitative estimate of drug-likeness (QED) is 0.321. The molecule has 1 fully saturated rings. The molecule has 1 heterocycles. The molecule has 6 nitrogen and oxygen atoms in total. The molecule has 0 radical (unpaired) electrons. The van der Waals surface area contributed by atoms with Crippen LogP contribution in [0.1, 0.15) is 27.2 Å². The molecular formula is C14H27IN4O2. The predicted octanol–water partition coefficient (Wildman–Crippen LogP) is 1.95. The number of nitrogens with zero attached hydrogens (tertiary/aromatic N) is 2. The van der Waals surface area contributed by atoms with Gasteiger partial charge in [0.15, 0.2) is 5.96 Å². The fourth-order valence-corrected chi connectivity index (χ4v) is 1.93. The third kappa shape index (κ3) is 8.13. The minimum atomic E-state index is -0.452. The van der Waals surface area contributed by atoms with Crippen LogP contribution >= 0.6 is 24.0 Å². The second-order valence-electron chi connectivity index (χ2n) is 5.98. The number of hydrogen-bond donors (Lipinski definition) is 2. The molecular weight excluding hydrogens is 383 g/mol. The lowest BCUT2D eigenvalue weighted by molar-refractivity contribution is 0.0289. The Morgan fingerprint density at radius 3 is 2.81 bits per heavy atom. The molecule has 122 valence electrons. The van der Waals surface area contributed by atoms with Crippen molar-refractivity contribution in [3.05, 3.63) is 12.7 Å². The van der Waals surface area contributed by atoms with Gasteiger partial charge in [0, 0.05) is 26.2 Å². The zero-order valence-electron chi connectivity index (χ0n) is 13.1. The van der Waals surface area contributed by atoms with Crippen molar-refractivity contribution in [2.45, 2.75) is 32.8 Å². The van der Waals surface area contributed by atoms with E-state index in [1.165, 1.54) is 0 Å². The molecule has 1 atom stereocenters. The van der Waals surface area contributed by atoms with Crippen molar-refractivity contribution in [2.75, 3.05) is 26.2 Å². The summed E-state index contributed by atoms with van der Waals surface area (Å²) < 4.78 is 5.35. The lowest BCUT2D eigenvalue weighted by atomic mass is 10.1. The summed E-state index contributed by atoms with van der Waals surface area (Å²) in [6.45, 7) is 11.8. The van der Waals surface area contributed by atoms with Gasteiger partial charge in [-0.2, -0.15) is 0 Å². The monoisotopic (exact) mass is 410 g/mol. The van der Waals surface area contributed by atoms with Gasteiger partial charge in [-0.25, -0.2) is 4.79 Å². The highest BCUT2D eigenvalue weighted by Crippen LogP contribution is 2.19. The summed E-state index contributed by atoms with van der Waals surface area (Å²) >= 11 is 0. The van der Waals surface area contributed by atoms with Crippen LogP contribution in [-0.4, -0.2) is 48.7 Å². The molecule has 0 aromatic carbocycles. The van der Waals surface area contributed by atoms with E-state index in [1.807, 2.05) is 20.8 Å². The summed E-state index contributed by atoms with van der Waals surface area (Å²) in [6.07, 6.45) is 2.40. The lowest BCUT2D eigenvalue weighted by Gasteiger charge is -2.24. The van der Waals surface area contributed by atoms with Gasteiger partial charge in [-0.15, -0.1) is 30.6 Å². The smallest absolute Gasteiger partial charge is 0.410 e. The molecule has 1 amide bonds. The maximum atomic E-state index is 11.9. The standard InChI is InChI=1S/C14H26N4O2.HI/c1-5-7-16-12(15)17-9-11-6-8-18(10-11)13(19)20-14(2,3)4;/h5,11H,1,6-10H2,2-4H3,(H3,15,16,17);1H. The van der Waals surface area contributed by atoms with Crippen LogP contribution in [0.2, 0.25) is 0 Å². The van der Waals surface area contributed by atoms with Crippen LogP contribution in [0, 0.1) is 5.92 Å². The Balaban J connectivity index is 0.00000400. The number of likely N-dealkylation sites (tertiary alicyclic amines) is 1. The Hall–Kier alpha value is -0.990. The molecule has 1 rings (SSSR count). The molecule has 7 heteroatoms. The number of halogens is 1. The van der Waals surface area contributed by atoms with Gasteiger partial charge in [-0.05, 0) is 33.1 Å². The fourth-order valence-electron chi connectivity index (χ4n) is 1.93. The second kappa shape index (κ2) is 9.11. The first-order chi connectivity index (χ1) is 9.31. The Morgan fingerprint density at radius 2 is 2.24 bits per heavy atom. The Kier molecular flexibility index (Phi) is 8.68. The lowest BCUT2D eigenvalue weighted by Crippen LogP contribution is -2.35. The van der Waals surface area contributed by atoms with E-state index in [2.05, 4.69) is 16.9 Å². The SMILES string of the molecule is C=CCNC(N)=NCC1CCN(C(=O)OC(C)(C)C)C1.I. The number of nitrogens with one attached hydrogen (secondary N) is 1. The van der Waals surface area contributed by atoms with Crippen LogP contribution in [0.4, 0.5) is 4.79 Å². The first-order valence-electron chi connectivity index (χ1n) is 6.94. The largest absolute Gasteiger partial charge is 0.444 e. The van der Waals surface area contributed by atoms with E-state index >= 15 is 0 Å². The number of carbonyl (C=O) groups is 1. The molecule has 0 aromatic rings. The average molecular weight is 410 g/mol. The summed E-state index contributed by atoms with van der Waals surface area (Å²) in [4.78, 5) is 17.9. The average Bonchev–Trinajstić information content (AvgIpc) is 2.80. The maximum absolute atomic E-state index is 11.9. The van der Waals surface area contributed by atoms with Crippen LogP contribution < -0.4 is 11.1 Å². The number of aliphatic imine (C=N–C) groups is 1. The summed E-state index contributed by atoms with van der Waals surface area (Å²) in [6, 6.07) is 0. The van der Waals surface area contributed by atoms with Crippen molar-refractivity contribution in [3.8, 4) is 0 Å². The number of ether oxygens (including phenoxy) is 1. The first-order valence-corrected chi connectivity index (χ1v) is 6.94. The van der Waals surface area contributed by atoms with E-state index < -0.39 is 5.60 Å². The predicted molar refractivity (Wildman–Crippen MR) is 96.0 cm³/mol. The fraction of sp³-hybridized carbons (Fsp3) is 0.714. The van der Waals surface area contributed by atoms with Crippen molar-refractivity contribution in [2.24, 2.45) is 16.6 Å². The van der Waals surface area contributed by atoms with E-state index in [0.29, 0.717) is 31.5 Å². The van der Waals surface area contributed by atoms with Crippen molar-refractivity contribution in [1.82, 2.24) is 10.2 Å². The first kappa shape index (κ1) is 20.0. The summed E-state index contributed by atoms with van der Waals surface area (Å²) in [5, 5.41) is 2.93. The highest BCUT2D eigenvalue weighted by atomic mass is 127. The normalized spacial score (nSPS) is 18.9. The number of guanidine groups is 1. The number of hydrogen-bond acceptors (Lipinski definition) is 3.